The van der Waals surface area contributed by atoms with Crippen molar-refractivity contribution in [3.8, 4) is 12.0 Å². The van der Waals surface area contributed by atoms with E-state index in [4.69, 9.17) is 10.2 Å². The second-order valence-electron chi connectivity index (χ2n) is 0.972. The Morgan fingerprint density at radius 2 is 1.57 bits per heavy atom. The monoisotopic (exact) mass is 101 g/mol. The molecule has 0 aliphatic rings. The molecule has 1 rings (SSSR count). The summed E-state index contributed by atoms with van der Waals surface area (Å²) in [5.41, 5.74) is 0. The molecule has 0 atom stereocenters. The SMILES string of the molecule is Oc1nnc(O)[nH]1. The van der Waals surface area contributed by atoms with Crippen LogP contribution in [0.3, 0.4) is 0 Å². The first kappa shape index (κ1) is 3.91. The van der Waals surface area contributed by atoms with Crippen molar-refractivity contribution in [1.29, 1.82) is 0 Å². The Bertz CT molecular complexity index is 143. The molecule has 1 aromatic heterocycles. The zero-order chi connectivity index (χ0) is 5.28. The number of hydrogen-bond acceptors (Lipinski definition) is 4. The molecule has 1 aromatic rings. The van der Waals surface area contributed by atoms with Gasteiger partial charge in [0.2, 0.25) is 0 Å². The molecular weight excluding hydrogens is 98.0 g/mol. The van der Waals surface area contributed by atoms with Crippen molar-refractivity contribution in [3.63, 3.8) is 0 Å². The third kappa shape index (κ3) is 0.594. The lowest BCUT2D eigenvalue weighted by atomic mass is 11.2. The maximum atomic E-state index is 8.26. The van der Waals surface area contributed by atoms with Gasteiger partial charge in [0.25, 0.3) is 0 Å². The molecule has 5 heteroatoms. The third-order valence-electron chi connectivity index (χ3n) is 0.463. The topological polar surface area (TPSA) is 82.0 Å². The molecule has 0 saturated carbocycles. The van der Waals surface area contributed by atoms with E-state index in [0.717, 1.165) is 0 Å². The minimum atomic E-state index is -0.377. The Hall–Kier alpha value is -1.26. The van der Waals surface area contributed by atoms with Crippen molar-refractivity contribution in [2.24, 2.45) is 0 Å². The van der Waals surface area contributed by atoms with Gasteiger partial charge in [0.15, 0.2) is 0 Å². The van der Waals surface area contributed by atoms with E-state index in [1.54, 1.807) is 0 Å². The number of aromatic hydroxyl groups is 2. The number of H-pyrrole nitrogens is 1. The maximum Gasteiger partial charge on any atom is 0.314 e. The zero-order valence-corrected chi connectivity index (χ0v) is 3.29. The van der Waals surface area contributed by atoms with E-state index in [2.05, 4.69) is 10.2 Å². The van der Waals surface area contributed by atoms with Gasteiger partial charge in [0.1, 0.15) is 0 Å². The molecule has 5 nitrogen and oxygen atoms in total. The fraction of sp³-hybridized carbons (Fsp3) is 0. The molecule has 7 heavy (non-hydrogen) atoms. The summed E-state index contributed by atoms with van der Waals surface area (Å²) in [5, 5.41) is 22.6. The smallest absolute Gasteiger partial charge is 0.314 e. The van der Waals surface area contributed by atoms with Crippen LogP contribution >= 0.6 is 0 Å². The van der Waals surface area contributed by atoms with Crippen LogP contribution in [0.2, 0.25) is 0 Å². The first-order chi connectivity index (χ1) is 3.29. The van der Waals surface area contributed by atoms with Gasteiger partial charge in [0.05, 0.1) is 0 Å². The van der Waals surface area contributed by atoms with Crippen LogP contribution in [-0.4, -0.2) is 25.4 Å². The molecule has 0 saturated heterocycles. The summed E-state index contributed by atoms with van der Waals surface area (Å²) in [6.07, 6.45) is 0. The number of hydrogen-bond donors (Lipinski definition) is 3. The quantitative estimate of drug-likeness (QED) is 0.400. The summed E-state index contributed by atoms with van der Waals surface area (Å²) in [6.45, 7) is 0. The van der Waals surface area contributed by atoms with Crippen LogP contribution in [0.5, 0.6) is 12.0 Å². The van der Waals surface area contributed by atoms with Gasteiger partial charge in [-0.05, 0) is 0 Å². The molecule has 0 aliphatic heterocycles. The van der Waals surface area contributed by atoms with Crippen LogP contribution in [0.25, 0.3) is 0 Å². The predicted octanol–water partition coefficient (Wildman–Crippen LogP) is -0.784. The van der Waals surface area contributed by atoms with E-state index >= 15 is 0 Å². The Kier molecular flexibility index (Phi) is 0.619. The molecule has 0 unspecified atom stereocenters. The van der Waals surface area contributed by atoms with Crippen LogP contribution < -0.4 is 0 Å². The molecule has 1 heterocycles. The predicted molar refractivity (Wildman–Crippen MR) is 19.7 cm³/mol. The highest BCUT2D eigenvalue weighted by molar-refractivity contribution is 4.94. The lowest BCUT2D eigenvalue weighted by Gasteiger charge is -1.70. The zero-order valence-electron chi connectivity index (χ0n) is 3.29. The molecule has 38 valence electrons. The van der Waals surface area contributed by atoms with E-state index in [0.29, 0.717) is 0 Å². The van der Waals surface area contributed by atoms with Gasteiger partial charge in [-0.2, -0.15) is 0 Å². The maximum absolute atomic E-state index is 8.26. The Morgan fingerprint density at radius 3 is 1.71 bits per heavy atom. The summed E-state index contributed by atoms with van der Waals surface area (Å²) in [6, 6.07) is -0.755. The summed E-state index contributed by atoms with van der Waals surface area (Å²) in [7, 11) is 0. The minimum Gasteiger partial charge on any atom is -0.479 e. The average molecular weight is 101 g/mol. The van der Waals surface area contributed by atoms with Crippen molar-refractivity contribution in [2.75, 3.05) is 0 Å². The van der Waals surface area contributed by atoms with Crippen LogP contribution in [0.15, 0.2) is 0 Å². The second kappa shape index (κ2) is 1.11. The Morgan fingerprint density at radius 1 is 1.14 bits per heavy atom. The van der Waals surface area contributed by atoms with Crippen LogP contribution in [-0.2, 0) is 0 Å². The van der Waals surface area contributed by atoms with Gasteiger partial charge in [-0.25, -0.2) is 0 Å². The van der Waals surface area contributed by atoms with Crippen molar-refractivity contribution in [1.82, 2.24) is 15.2 Å². The van der Waals surface area contributed by atoms with Crippen LogP contribution in [0.4, 0.5) is 0 Å². The highest BCUT2D eigenvalue weighted by Crippen LogP contribution is 2.00. The normalized spacial score (nSPS) is 9.14. The molecule has 0 radical (unpaired) electrons. The summed E-state index contributed by atoms with van der Waals surface area (Å²) >= 11 is 0. The number of aromatic nitrogens is 3. The second-order valence-corrected chi connectivity index (χ2v) is 0.972. The summed E-state index contributed by atoms with van der Waals surface area (Å²) in [4.78, 5) is 2.03. The van der Waals surface area contributed by atoms with Crippen molar-refractivity contribution in [2.45, 2.75) is 0 Å². The fourth-order valence-corrected chi connectivity index (χ4v) is 0.245. The third-order valence-corrected chi connectivity index (χ3v) is 0.463. The highest BCUT2D eigenvalue weighted by Gasteiger charge is 1.91. The van der Waals surface area contributed by atoms with E-state index < -0.39 is 0 Å². The van der Waals surface area contributed by atoms with Crippen molar-refractivity contribution >= 4 is 0 Å². The largest absolute Gasteiger partial charge is 0.479 e. The van der Waals surface area contributed by atoms with E-state index in [1.165, 1.54) is 0 Å². The van der Waals surface area contributed by atoms with Crippen LogP contribution in [0.1, 0.15) is 0 Å². The minimum absolute atomic E-state index is 0.377. The first-order valence-corrected chi connectivity index (χ1v) is 1.59. The van der Waals surface area contributed by atoms with Gasteiger partial charge in [0, 0.05) is 0 Å². The average Bonchev–Trinajstić information content (AvgIpc) is 1.87. The number of rotatable bonds is 0. The molecular formula is C2H3N3O2. The van der Waals surface area contributed by atoms with Crippen LogP contribution in [0, 0.1) is 0 Å². The lowest BCUT2D eigenvalue weighted by molar-refractivity contribution is 0.415. The number of aromatic amines is 1. The molecule has 0 spiro atoms. The molecule has 0 aromatic carbocycles. The van der Waals surface area contributed by atoms with Crippen molar-refractivity contribution < 1.29 is 10.2 Å². The van der Waals surface area contributed by atoms with E-state index in [9.17, 15) is 0 Å². The molecule has 0 fully saturated rings. The molecule has 0 amide bonds. The molecule has 3 N–H and O–H groups in total. The van der Waals surface area contributed by atoms with Crippen molar-refractivity contribution in [3.05, 3.63) is 0 Å². The van der Waals surface area contributed by atoms with Gasteiger partial charge in [-0.15, -0.1) is 0 Å². The van der Waals surface area contributed by atoms with Gasteiger partial charge in [-0.1, -0.05) is 10.2 Å². The first-order valence-electron chi connectivity index (χ1n) is 1.59. The summed E-state index contributed by atoms with van der Waals surface area (Å²) < 4.78 is 0. The fourth-order valence-electron chi connectivity index (χ4n) is 0.245. The number of nitrogens with zero attached hydrogens (tertiary/aromatic N) is 2. The lowest BCUT2D eigenvalue weighted by Crippen LogP contribution is -1.61. The Labute approximate surface area is 38.6 Å². The van der Waals surface area contributed by atoms with Gasteiger partial charge >= 0.3 is 12.0 Å². The summed E-state index contributed by atoms with van der Waals surface area (Å²) in [5.74, 6) is 0. The van der Waals surface area contributed by atoms with Gasteiger partial charge < -0.3 is 10.2 Å². The highest BCUT2D eigenvalue weighted by atomic mass is 16.3. The van der Waals surface area contributed by atoms with Gasteiger partial charge in [-0.3, -0.25) is 4.98 Å². The standard InChI is InChI=1S/C2H3N3O2/c6-1-3-2(7)5-4-1/h(H3,3,4,5,6,7). The number of nitrogens with one attached hydrogen (secondary N) is 1. The molecule has 0 bridgehead atoms. The Balaban J connectivity index is 3.04. The molecule has 0 aliphatic carbocycles. The van der Waals surface area contributed by atoms with E-state index in [1.807, 2.05) is 4.98 Å². The van der Waals surface area contributed by atoms with E-state index in [-0.39, 0.29) is 12.0 Å².